The number of ether oxygens (including phenoxy) is 1. The van der Waals surface area contributed by atoms with E-state index in [2.05, 4.69) is 98.1 Å². The van der Waals surface area contributed by atoms with Crippen LogP contribution in [0.1, 0.15) is 67.7 Å². The molecule has 34 heavy (non-hydrogen) atoms. The molecule has 0 radical (unpaired) electrons. The van der Waals surface area contributed by atoms with E-state index in [0.29, 0.717) is 5.92 Å². The predicted octanol–water partition coefficient (Wildman–Crippen LogP) is 7.03. The normalized spacial score (nSPS) is 18.4. The molecule has 0 heterocycles. The van der Waals surface area contributed by atoms with Crippen LogP contribution in [-0.4, -0.2) is 42.6 Å². The Labute approximate surface area is 216 Å². The number of carbonyl (C=O) groups excluding carboxylic acids is 1. The van der Waals surface area contributed by atoms with Gasteiger partial charge in [-0.3, -0.25) is 0 Å². The fraction of sp³-hybridized carbons (Fsp3) is 0.667. The van der Waals surface area contributed by atoms with Gasteiger partial charge in [-0.25, -0.2) is 0 Å². The van der Waals surface area contributed by atoms with E-state index in [0.717, 1.165) is 35.2 Å². The number of allylic oxidation sites excluding steroid dienone is 2. The molecule has 1 aromatic rings. The van der Waals surface area contributed by atoms with Crippen LogP contribution in [0.4, 0.5) is 0 Å². The summed E-state index contributed by atoms with van der Waals surface area (Å²) in [6, 6.07) is 6.34. The van der Waals surface area contributed by atoms with Crippen LogP contribution in [0.3, 0.4) is 0 Å². The Kier molecular flexibility index (Phi) is 9.40. The Balaban J connectivity index is 2.45. The molecule has 0 aliphatic heterocycles. The Hall–Kier alpha value is -1.02. The summed E-state index contributed by atoms with van der Waals surface area (Å²) in [5.41, 5.74) is 0. The molecular weight excluding hydrogens is 523 g/mol. The van der Waals surface area contributed by atoms with Crippen molar-refractivity contribution in [2.45, 2.75) is 109 Å². The summed E-state index contributed by atoms with van der Waals surface area (Å²) in [6.07, 6.45) is 7.52. The van der Waals surface area contributed by atoms with E-state index in [1.807, 2.05) is 0 Å². The summed E-state index contributed by atoms with van der Waals surface area (Å²) in [5, 5.41) is 0.103. The topological polar surface area (TPSA) is 44.8 Å². The van der Waals surface area contributed by atoms with Gasteiger partial charge in [0.1, 0.15) is 0 Å². The van der Waals surface area contributed by atoms with Crippen molar-refractivity contribution in [3.8, 4) is 11.5 Å². The van der Waals surface area contributed by atoms with Crippen molar-refractivity contribution >= 4 is 42.0 Å². The van der Waals surface area contributed by atoms with Gasteiger partial charge in [0.2, 0.25) is 0 Å². The van der Waals surface area contributed by atoms with Crippen LogP contribution in [0, 0.1) is 5.92 Å². The van der Waals surface area contributed by atoms with Crippen LogP contribution < -0.4 is 13.3 Å². The Morgan fingerprint density at radius 2 is 1.56 bits per heavy atom. The third kappa shape index (κ3) is 7.74. The van der Waals surface area contributed by atoms with Crippen molar-refractivity contribution in [3.63, 3.8) is 0 Å². The van der Waals surface area contributed by atoms with E-state index in [1.165, 1.54) is 6.92 Å². The molecule has 192 valence electrons. The minimum absolute atomic E-state index is 0.0608. The van der Waals surface area contributed by atoms with Gasteiger partial charge in [-0.2, -0.15) is 0 Å². The van der Waals surface area contributed by atoms with Crippen LogP contribution in [0.25, 0.3) is 0 Å². The first-order chi connectivity index (χ1) is 15.4. The third-order valence-electron chi connectivity index (χ3n) is 7.49. The molecule has 1 aliphatic rings. The quantitative estimate of drug-likeness (QED) is 0.192. The summed E-state index contributed by atoms with van der Waals surface area (Å²) in [7, 11) is -4.05. The molecule has 0 N–H and O–H groups in total. The molecule has 4 nitrogen and oxygen atoms in total. The molecule has 2 atom stereocenters. The van der Waals surface area contributed by atoms with Crippen LogP contribution in [-0.2, 0) is 9.53 Å². The molecule has 0 bridgehead atoms. The molecule has 0 saturated heterocycles. The molecule has 0 aromatic heterocycles. The van der Waals surface area contributed by atoms with Crippen LogP contribution in [0.5, 0.6) is 11.5 Å². The van der Waals surface area contributed by atoms with Gasteiger partial charge in [0.15, 0.2) is 0 Å². The van der Waals surface area contributed by atoms with Crippen molar-refractivity contribution in [2.24, 2.45) is 5.92 Å². The van der Waals surface area contributed by atoms with Gasteiger partial charge in [0.05, 0.1) is 0 Å². The van der Waals surface area contributed by atoms with Crippen LogP contribution in [0.15, 0.2) is 30.4 Å². The Morgan fingerprint density at radius 3 is 2.06 bits per heavy atom. The minimum atomic E-state index is -2.07. The average molecular weight is 570 g/mol. The van der Waals surface area contributed by atoms with Crippen molar-refractivity contribution in [3.05, 3.63) is 30.4 Å². The number of esters is 1. The first-order valence-electron chi connectivity index (χ1n) is 12.4. The van der Waals surface area contributed by atoms with Gasteiger partial charge in [-0.05, 0) is 0 Å². The van der Waals surface area contributed by atoms with Gasteiger partial charge in [-0.1, -0.05) is 0 Å². The molecule has 1 aliphatic carbocycles. The Bertz CT molecular complexity index is 882. The van der Waals surface area contributed by atoms with Crippen molar-refractivity contribution < 1.29 is 18.4 Å². The van der Waals surface area contributed by atoms with Gasteiger partial charge < -0.3 is 0 Å². The molecule has 0 fully saturated rings. The summed E-state index contributed by atoms with van der Waals surface area (Å²) >= 11 is -0.0608. The number of hydrogen-bond donors (Lipinski definition) is 0. The number of carbonyl (C=O) groups is 1. The SMILES string of the molecule is CC(=O)OC([Se]c1ccc(O[Si](C)(C)C(C)(C)C)cc1O[Si](C)(C)C(C)(C)C)[C@H]1CC=CCC1. The van der Waals surface area contributed by atoms with Crippen molar-refractivity contribution in [1.29, 1.82) is 0 Å². The predicted molar refractivity (Wildman–Crippen MR) is 150 cm³/mol. The average Bonchev–Trinajstić information content (AvgIpc) is 2.67. The van der Waals surface area contributed by atoms with E-state index in [-0.39, 0.29) is 36.0 Å². The first-order valence-corrected chi connectivity index (χ1v) is 20.1. The second-order valence-electron chi connectivity index (χ2n) is 12.5. The zero-order valence-electron chi connectivity index (χ0n) is 23.2. The second kappa shape index (κ2) is 10.9. The number of benzene rings is 1. The van der Waals surface area contributed by atoms with E-state index in [4.69, 9.17) is 13.6 Å². The summed E-state index contributed by atoms with van der Waals surface area (Å²) in [6.45, 7) is 24.2. The third-order valence-corrected chi connectivity index (χ3v) is 18.9. The molecule has 7 heteroatoms. The molecule has 0 saturated carbocycles. The standard InChI is InChI=1S/C27H46O4SeSi2/c1-20(28)29-25(21-15-13-12-14-16-21)32-24-18-17-22(30-33(8,9)26(2,3)4)19-23(24)31-34(10,11)27(5,6)7/h12-13,17-19,21,25H,14-16H2,1-11H3/t21-,25?/m0/s1. The summed E-state index contributed by atoms with van der Waals surface area (Å²) in [5.74, 6) is 1.94. The zero-order valence-corrected chi connectivity index (χ0v) is 26.9. The molecule has 0 amide bonds. The number of hydrogen-bond acceptors (Lipinski definition) is 4. The van der Waals surface area contributed by atoms with Gasteiger partial charge in [0, 0.05) is 0 Å². The van der Waals surface area contributed by atoms with Gasteiger partial charge in [0.25, 0.3) is 0 Å². The molecule has 1 aromatic carbocycles. The zero-order chi connectivity index (χ0) is 25.9. The number of rotatable bonds is 8. The summed E-state index contributed by atoms with van der Waals surface area (Å²) in [4.78, 5) is 12.0. The van der Waals surface area contributed by atoms with Crippen molar-refractivity contribution in [2.75, 3.05) is 0 Å². The van der Waals surface area contributed by atoms with E-state index in [1.54, 1.807) is 0 Å². The monoisotopic (exact) mass is 570 g/mol. The van der Waals surface area contributed by atoms with E-state index in [9.17, 15) is 4.79 Å². The van der Waals surface area contributed by atoms with Gasteiger partial charge >= 0.3 is 217 Å². The van der Waals surface area contributed by atoms with Crippen LogP contribution >= 0.6 is 0 Å². The molecule has 0 spiro atoms. The van der Waals surface area contributed by atoms with Crippen molar-refractivity contribution in [1.82, 2.24) is 0 Å². The fourth-order valence-electron chi connectivity index (χ4n) is 3.17. The maximum atomic E-state index is 12.0. The first kappa shape index (κ1) is 29.2. The molecular formula is C27H46O4SeSi2. The maximum absolute atomic E-state index is 12.0. The van der Waals surface area contributed by atoms with Gasteiger partial charge in [-0.15, -0.1) is 0 Å². The second-order valence-corrected chi connectivity index (χ2v) is 24.3. The Morgan fingerprint density at radius 1 is 0.971 bits per heavy atom. The molecule has 2 rings (SSSR count). The molecule has 1 unspecified atom stereocenters. The van der Waals surface area contributed by atoms with E-state index < -0.39 is 16.6 Å². The fourth-order valence-corrected chi connectivity index (χ4v) is 7.98. The van der Waals surface area contributed by atoms with Crippen LogP contribution in [0.2, 0.25) is 36.3 Å². The summed E-state index contributed by atoms with van der Waals surface area (Å²) < 4.78 is 20.5. The van der Waals surface area contributed by atoms with E-state index >= 15 is 0 Å².